The zero-order valence-electron chi connectivity index (χ0n) is 18.4. The summed E-state index contributed by atoms with van der Waals surface area (Å²) in [4.78, 5) is 17.7. The Labute approximate surface area is 198 Å². The molecule has 0 fully saturated rings. The number of imidazole rings is 1. The SMILES string of the molecule is CC(C)n1c(=O)n(C)c2cnc3c(c(Br)c(-c4cnn(C)c4)n3S(=O)(=O)c3ccccc3)c21. The van der Waals surface area contributed by atoms with E-state index in [0.717, 1.165) is 0 Å². The van der Waals surface area contributed by atoms with Crippen LogP contribution >= 0.6 is 15.9 Å². The predicted molar refractivity (Wildman–Crippen MR) is 130 cm³/mol. The first kappa shape index (κ1) is 21.7. The van der Waals surface area contributed by atoms with Crippen molar-refractivity contribution in [1.82, 2.24) is 27.9 Å². The number of halogens is 1. The molecule has 5 rings (SSSR count). The molecule has 0 unspecified atom stereocenters. The van der Waals surface area contributed by atoms with Crippen molar-refractivity contribution in [2.75, 3.05) is 0 Å². The smallest absolute Gasteiger partial charge is 0.293 e. The third-order valence-corrected chi connectivity index (χ3v) is 8.18. The molecule has 0 saturated carbocycles. The van der Waals surface area contributed by atoms with E-state index in [1.165, 1.54) is 8.54 Å². The van der Waals surface area contributed by atoms with Gasteiger partial charge in [0.15, 0.2) is 5.65 Å². The van der Waals surface area contributed by atoms with Crippen molar-refractivity contribution in [3.63, 3.8) is 0 Å². The molecule has 0 atom stereocenters. The average Bonchev–Trinajstić information content (AvgIpc) is 3.41. The minimum atomic E-state index is -4.03. The van der Waals surface area contributed by atoms with Crippen LogP contribution in [0.15, 0.2) is 63.1 Å². The molecule has 0 amide bonds. The third-order valence-electron chi connectivity index (χ3n) is 5.71. The van der Waals surface area contributed by atoms with E-state index in [4.69, 9.17) is 0 Å². The maximum Gasteiger partial charge on any atom is 0.329 e. The Morgan fingerprint density at radius 2 is 1.76 bits per heavy atom. The lowest BCUT2D eigenvalue weighted by atomic mass is 10.2. The second kappa shape index (κ2) is 7.42. The van der Waals surface area contributed by atoms with Crippen LogP contribution in [0, 0.1) is 0 Å². The highest BCUT2D eigenvalue weighted by molar-refractivity contribution is 9.10. The molecule has 0 aliphatic rings. The molecule has 0 aliphatic heterocycles. The fourth-order valence-electron chi connectivity index (χ4n) is 4.20. The van der Waals surface area contributed by atoms with Crippen molar-refractivity contribution in [1.29, 1.82) is 0 Å². The Morgan fingerprint density at radius 1 is 1.06 bits per heavy atom. The van der Waals surface area contributed by atoms with Crippen LogP contribution in [0.5, 0.6) is 0 Å². The lowest BCUT2D eigenvalue weighted by Crippen LogP contribution is -2.23. The van der Waals surface area contributed by atoms with E-state index in [9.17, 15) is 13.2 Å². The minimum Gasteiger partial charge on any atom is -0.293 e. The number of aryl methyl sites for hydroxylation is 2. The molecule has 170 valence electrons. The van der Waals surface area contributed by atoms with Gasteiger partial charge in [0.2, 0.25) is 0 Å². The number of hydrogen-bond donors (Lipinski definition) is 0. The Hall–Kier alpha value is -3.18. The summed E-state index contributed by atoms with van der Waals surface area (Å²) in [6, 6.07) is 8.07. The largest absolute Gasteiger partial charge is 0.329 e. The van der Waals surface area contributed by atoms with Gasteiger partial charge in [0.1, 0.15) is 0 Å². The highest BCUT2D eigenvalue weighted by atomic mass is 79.9. The van der Waals surface area contributed by atoms with E-state index in [-0.39, 0.29) is 22.3 Å². The maximum atomic E-state index is 13.9. The Bertz CT molecular complexity index is 1710. The van der Waals surface area contributed by atoms with Crippen LogP contribution in [-0.2, 0) is 24.1 Å². The van der Waals surface area contributed by atoms with Gasteiger partial charge in [-0.05, 0) is 41.9 Å². The Morgan fingerprint density at radius 3 is 2.36 bits per heavy atom. The van der Waals surface area contributed by atoms with Gasteiger partial charge in [-0.1, -0.05) is 18.2 Å². The molecule has 4 aromatic heterocycles. The molecule has 11 heteroatoms. The lowest BCUT2D eigenvalue weighted by molar-refractivity contribution is 0.584. The molecule has 9 nitrogen and oxygen atoms in total. The van der Waals surface area contributed by atoms with Gasteiger partial charge < -0.3 is 0 Å². The van der Waals surface area contributed by atoms with Gasteiger partial charge in [0.25, 0.3) is 10.0 Å². The van der Waals surface area contributed by atoms with Crippen molar-refractivity contribution < 1.29 is 8.42 Å². The topological polar surface area (TPSA) is 96.7 Å². The molecular weight excluding hydrogens is 508 g/mol. The van der Waals surface area contributed by atoms with Crippen LogP contribution in [0.4, 0.5) is 0 Å². The van der Waals surface area contributed by atoms with Gasteiger partial charge in [0, 0.05) is 31.9 Å². The Kier molecular flexibility index (Phi) is 4.87. The third kappa shape index (κ3) is 3.02. The van der Waals surface area contributed by atoms with Crippen molar-refractivity contribution in [2.24, 2.45) is 14.1 Å². The van der Waals surface area contributed by atoms with Crippen molar-refractivity contribution in [2.45, 2.75) is 24.8 Å². The predicted octanol–water partition coefficient (Wildman–Crippen LogP) is 3.67. The molecule has 4 heterocycles. The van der Waals surface area contributed by atoms with Crippen LogP contribution < -0.4 is 5.69 Å². The summed E-state index contributed by atoms with van der Waals surface area (Å²) in [5.41, 5.74) is 2.29. The average molecular weight is 529 g/mol. The van der Waals surface area contributed by atoms with E-state index in [1.54, 1.807) is 72.3 Å². The van der Waals surface area contributed by atoms with Gasteiger partial charge in [-0.3, -0.25) is 13.8 Å². The number of pyridine rings is 1. The van der Waals surface area contributed by atoms with Crippen LogP contribution in [0.3, 0.4) is 0 Å². The molecule has 0 radical (unpaired) electrons. The number of aromatic nitrogens is 6. The zero-order chi connectivity index (χ0) is 23.7. The van der Waals surface area contributed by atoms with Crippen molar-refractivity contribution in [3.05, 3.63) is 63.9 Å². The highest BCUT2D eigenvalue weighted by Gasteiger charge is 2.31. The molecule has 33 heavy (non-hydrogen) atoms. The molecular formula is C22H21BrN6O3S. The minimum absolute atomic E-state index is 0.135. The zero-order valence-corrected chi connectivity index (χ0v) is 20.8. The second-order valence-electron chi connectivity index (χ2n) is 8.14. The molecule has 5 aromatic rings. The van der Waals surface area contributed by atoms with E-state index < -0.39 is 10.0 Å². The summed E-state index contributed by atoms with van der Waals surface area (Å²) >= 11 is 3.67. The monoisotopic (exact) mass is 528 g/mol. The summed E-state index contributed by atoms with van der Waals surface area (Å²) < 4.78 is 34.3. The summed E-state index contributed by atoms with van der Waals surface area (Å²) in [5, 5.41) is 4.79. The number of fused-ring (bicyclic) bond motifs is 3. The standard InChI is InChI=1S/C22H21BrN6O3S/c1-13(2)28-20-16(27(4)22(28)30)11-24-21-17(20)18(23)19(14-10-25-26(3)12-14)29(21)33(31,32)15-8-6-5-7-9-15/h5-13H,1-4H3. The maximum absolute atomic E-state index is 13.9. The van der Waals surface area contributed by atoms with Crippen LogP contribution in [-0.4, -0.2) is 36.3 Å². The molecule has 0 aliphatic carbocycles. The molecule has 0 saturated heterocycles. The van der Waals surface area contributed by atoms with Crippen LogP contribution in [0.25, 0.3) is 33.3 Å². The molecule has 0 N–H and O–H groups in total. The van der Waals surface area contributed by atoms with Gasteiger partial charge in [0.05, 0.1) is 43.9 Å². The first-order valence-corrected chi connectivity index (χ1v) is 12.5. The summed E-state index contributed by atoms with van der Waals surface area (Å²) in [7, 11) is -0.577. The van der Waals surface area contributed by atoms with Crippen LogP contribution in [0.1, 0.15) is 19.9 Å². The van der Waals surface area contributed by atoms with Gasteiger partial charge in [-0.25, -0.2) is 22.2 Å². The summed E-state index contributed by atoms with van der Waals surface area (Å²) in [5.74, 6) is 0. The van der Waals surface area contributed by atoms with E-state index >= 15 is 0 Å². The fourth-order valence-corrected chi connectivity index (χ4v) is 6.60. The fraction of sp³-hybridized carbons (Fsp3) is 0.227. The first-order chi connectivity index (χ1) is 15.6. The number of rotatable bonds is 4. The first-order valence-electron chi connectivity index (χ1n) is 10.2. The van der Waals surface area contributed by atoms with Gasteiger partial charge in [-0.2, -0.15) is 5.10 Å². The highest BCUT2D eigenvalue weighted by Crippen LogP contribution is 2.42. The normalized spacial score (nSPS) is 12.4. The Balaban J connectivity index is 2.04. The molecule has 0 spiro atoms. The second-order valence-corrected chi connectivity index (χ2v) is 10.7. The molecule has 1 aromatic carbocycles. The lowest BCUT2D eigenvalue weighted by Gasteiger charge is -2.11. The number of hydrogen-bond acceptors (Lipinski definition) is 5. The van der Waals surface area contributed by atoms with E-state index in [0.29, 0.717) is 32.1 Å². The van der Waals surface area contributed by atoms with Crippen LogP contribution in [0.2, 0.25) is 0 Å². The van der Waals surface area contributed by atoms with Crippen molar-refractivity contribution >= 4 is 48.0 Å². The van der Waals surface area contributed by atoms with E-state index in [2.05, 4.69) is 26.0 Å². The molecule has 0 bridgehead atoms. The van der Waals surface area contributed by atoms with E-state index in [1.807, 2.05) is 13.8 Å². The van der Waals surface area contributed by atoms with Gasteiger partial charge >= 0.3 is 5.69 Å². The van der Waals surface area contributed by atoms with Crippen molar-refractivity contribution in [3.8, 4) is 11.3 Å². The number of nitrogens with zero attached hydrogens (tertiary/aromatic N) is 6. The number of benzene rings is 1. The summed E-state index contributed by atoms with van der Waals surface area (Å²) in [6.45, 7) is 3.83. The summed E-state index contributed by atoms with van der Waals surface area (Å²) in [6.07, 6.45) is 4.90. The van der Waals surface area contributed by atoms with Gasteiger partial charge in [-0.15, -0.1) is 0 Å². The quantitative estimate of drug-likeness (QED) is 0.354.